The normalized spacial score (nSPS) is 16.1. The van der Waals surface area contributed by atoms with Crippen molar-refractivity contribution in [2.75, 3.05) is 26.7 Å². The number of fused-ring (bicyclic) bond motifs is 1. The maximum atomic E-state index is 14.1. The number of nitrogens with one attached hydrogen (secondary N) is 2. The van der Waals surface area contributed by atoms with E-state index in [9.17, 15) is 9.90 Å². The van der Waals surface area contributed by atoms with E-state index in [1.54, 1.807) is 19.2 Å². The van der Waals surface area contributed by atoms with Crippen LogP contribution in [0.15, 0.2) is 48.5 Å². The van der Waals surface area contributed by atoms with Crippen molar-refractivity contribution < 1.29 is 14.6 Å². The Hall–Kier alpha value is -3.91. The Morgan fingerprint density at radius 3 is 2.68 bits per heavy atom. The molecule has 3 N–H and O–H groups in total. The molecule has 174 valence electrons. The summed E-state index contributed by atoms with van der Waals surface area (Å²) in [5, 5.41) is 21.3. The lowest BCUT2D eigenvalue weighted by Gasteiger charge is -2.37. The standard InChI is InChI=1S/C26H27N5O3/c1-15-12-18(32)6-9-20(15)22-13-21(24-16(2)29-30-25(24)28-22)26(33)31-11-10-27-14-23(31)17-4-7-19(34-3)8-5-17/h4-9,12-13,23,27,32H,10-11,14H2,1-3H3,(H,28,29,30). The fourth-order valence-electron chi connectivity index (χ4n) is 4.65. The first-order valence-corrected chi connectivity index (χ1v) is 11.3. The number of aromatic hydroxyl groups is 1. The van der Waals surface area contributed by atoms with Gasteiger partial charge in [0.05, 0.1) is 35.5 Å². The number of aryl methyl sites for hydroxylation is 2. The minimum absolute atomic E-state index is 0.0584. The Balaban J connectivity index is 1.60. The predicted octanol–water partition coefficient (Wildman–Crippen LogP) is 3.74. The van der Waals surface area contributed by atoms with Gasteiger partial charge in [-0.15, -0.1) is 0 Å². The number of H-pyrrole nitrogens is 1. The van der Waals surface area contributed by atoms with E-state index in [4.69, 9.17) is 9.72 Å². The third-order valence-electron chi connectivity index (χ3n) is 6.43. The van der Waals surface area contributed by atoms with Gasteiger partial charge in [-0.2, -0.15) is 5.10 Å². The van der Waals surface area contributed by atoms with E-state index < -0.39 is 0 Å². The molecule has 34 heavy (non-hydrogen) atoms. The minimum atomic E-state index is -0.110. The maximum absolute atomic E-state index is 14.1. The summed E-state index contributed by atoms with van der Waals surface area (Å²) in [7, 11) is 1.64. The third kappa shape index (κ3) is 3.86. The lowest BCUT2D eigenvalue weighted by molar-refractivity contribution is 0.0636. The van der Waals surface area contributed by atoms with Gasteiger partial charge < -0.3 is 20.1 Å². The zero-order valence-corrected chi connectivity index (χ0v) is 19.4. The van der Waals surface area contributed by atoms with E-state index in [0.29, 0.717) is 30.0 Å². The fourth-order valence-corrected chi connectivity index (χ4v) is 4.65. The van der Waals surface area contributed by atoms with Gasteiger partial charge in [0.1, 0.15) is 11.5 Å². The van der Waals surface area contributed by atoms with Crippen LogP contribution >= 0.6 is 0 Å². The van der Waals surface area contributed by atoms with E-state index in [-0.39, 0.29) is 17.7 Å². The highest BCUT2D eigenvalue weighted by atomic mass is 16.5. The molecule has 2 aromatic heterocycles. The first kappa shape index (κ1) is 21.9. The summed E-state index contributed by atoms with van der Waals surface area (Å²) in [6.07, 6.45) is 0. The van der Waals surface area contributed by atoms with Crippen LogP contribution < -0.4 is 10.1 Å². The highest BCUT2D eigenvalue weighted by Crippen LogP contribution is 2.32. The van der Waals surface area contributed by atoms with Crippen LogP contribution in [0.25, 0.3) is 22.3 Å². The van der Waals surface area contributed by atoms with Gasteiger partial charge in [0.2, 0.25) is 0 Å². The largest absolute Gasteiger partial charge is 0.508 e. The number of methoxy groups -OCH3 is 1. The van der Waals surface area contributed by atoms with Gasteiger partial charge in [-0.05, 0) is 61.4 Å². The van der Waals surface area contributed by atoms with Crippen molar-refractivity contribution in [1.82, 2.24) is 25.4 Å². The van der Waals surface area contributed by atoms with Crippen molar-refractivity contribution in [3.63, 3.8) is 0 Å². The average Bonchev–Trinajstić information content (AvgIpc) is 3.23. The van der Waals surface area contributed by atoms with E-state index in [0.717, 1.165) is 40.1 Å². The highest BCUT2D eigenvalue weighted by molar-refractivity contribution is 6.07. The smallest absolute Gasteiger partial charge is 0.255 e. The van der Waals surface area contributed by atoms with Crippen LogP contribution in [0.4, 0.5) is 0 Å². The molecule has 1 saturated heterocycles. The zero-order chi connectivity index (χ0) is 23.8. The predicted molar refractivity (Wildman–Crippen MR) is 130 cm³/mol. The summed E-state index contributed by atoms with van der Waals surface area (Å²) >= 11 is 0. The minimum Gasteiger partial charge on any atom is -0.508 e. The van der Waals surface area contributed by atoms with Crippen LogP contribution in [0.2, 0.25) is 0 Å². The van der Waals surface area contributed by atoms with Gasteiger partial charge in [0.15, 0.2) is 5.65 Å². The summed E-state index contributed by atoms with van der Waals surface area (Å²) in [5.74, 6) is 0.917. The van der Waals surface area contributed by atoms with Crippen molar-refractivity contribution in [3.05, 3.63) is 70.9 Å². The molecule has 5 rings (SSSR count). The Morgan fingerprint density at radius 1 is 1.15 bits per heavy atom. The number of hydrogen-bond acceptors (Lipinski definition) is 6. The molecule has 1 fully saturated rings. The maximum Gasteiger partial charge on any atom is 0.255 e. The van der Waals surface area contributed by atoms with Gasteiger partial charge >= 0.3 is 0 Å². The first-order chi connectivity index (χ1) is 16.5. The molecule has 1 aliphatic rings. The SMILES string of the molecule is COc1ccc(C2CNCCN2C(=O)c2cc(-c3ccc(O)cc3C)nc3[nH]nc(C)c23)cc1. The summed E-state index contributed by atoms with van der Waals surface area (Å²) < 4.78 is 5.30. The van der Waals surface area contributed by atoms with Gasteiger partial charge in [0, 0.05) is 25.2 Å². The van der Waals surface area contributed by atoms with Gasteiger partial charge in [0.25, 0.3) is 5.91 Å². The molecule has 0 spiro atoms. The Kier molecular flexibility index (Phi) is 5.67. The Labute approximate surface area is 197 Å². The number of rotatable bonds is 4. The molecule has 1 amide bonds. The second-order valence-electron chi connectivity index (χ2n) is 8.58. The number of nitrogens with zero attached hydrogens (tertiary/aromatic N) is 3. The number of ether oxygens (including phenoxy) is 1. The summed E-state index contributed by atoms with van der Waals surface area (Å²) in [6.45, 7) is 5.77. The number of aromatic nitrogens is 3. The van der Waals surface area contributed by atoms with Crippen LogP contribution in [-0.2, 0) is 0 Å². The quantitative estimate of drug-likeness (QED) is 0.431. The van der Waals surface area contributed by atoms with E-state index in [2.05, 4.69) is 15.5 Å². The van der Waals surface area contributed by atoms with Crippen molar-refractivity contribution >= 4 is 16.9 Å². The number of pyridine rings is 1. The number of phenolic OH excluding ortho intramolecular Hbond substituents is 1. The highest BCUT2D eigenvalue weighted by Gasteiger charge is 2.31. The van der Waals surface area contributed by atoms with Crippen LogP contribution in [-0.4, -0.2) is 57.8 Å². The molecule has 0 aliphatic carbocycles. The molecule has 0 saturated carbocycles. The molecule has 1 unspecified atom stereocenters. The molecule has 0 radical (unpaired) electrons. The van der Waals surface area contributed by atoms with E-state index in [1.165, 1.54) is 0 Å². The molecule has 2 aromatic carbocycles. The number of piperazine rings is 1. The lowest BCUT2D eigenvalue weighted by Crippen LogP contribution is -2.48. The number of hydrogen-bond donors (Lipinski definition) is 3. The molecule has 3 heterocycles. The van der Waals surface area contributed by atoms with Crippen molar-refractivity contribution in [3.8, 4) is 22.8 Å². The average molecular weight is 458 g/mol. The topological polar surface area (TPSA) is 103 Å². The van der Waals surface area contributed by atoms with Crippen LogP contribution in [0.3, 0.4) is 0 Å². The Bertz CT molecular complexity index is 1360. The summed E-state index contributed by atoms with van der Waals surface area (Å²) in [4.78, 5) is 20.7. The van der Waals surface area contributed by atoms with Gasteiger partial charge in [-0.25, -0.2) is 4.98 Å². The van der Waals surface area contributed by atoms with Crippen molar-refractivity contribution in [2.45, 2.75) is 19.9 Å². The second-order valence-corrected chi connectivity index (χ2v) is 8.58. The molecule has 1 atom stereocenters. The van der Waals surface area contributed by atoms with Crippen molar-refractivity contribution in [1.29, 1.82) is 0 Å². The molecule has 8 heteroatoms. The van der Waals surface area contributed by atoms with Gasteiger partial charge in [-0.3, -0.25) is 9.89 Å². The van der Waals surface area contributed by atoms with Crippen LogP contribution in [0, 0.1) is 13.8 Å². The third-order valence-corrected chi connectivity index (χ3v) is 6.43. The molecule has 4 aromatic rings. The van der Waals surface area contributed by atoms with Crippen LogP contribution in [0.1, 0.15) is 33.2 Å². The number of aromatic amines is 1. The fraction of sp³-hybridized carbons (Fsp3) is 0.269. The second kappa shape index (κ2) is 8.79. The Morgan fingerprint density at radius 2 is 1.94 bits per heavy atom. The monoisotopic (exact) mass is 457 g/mol. The number of amides is 1. The van der Waals surface area contributed by atoms with E-state index in [1.807, 2.05) is 55.1 Å². The summed E-state index contributed by atoms with van der Waals surface area (Å²) in [5.41, 5.74) is 5.31. The number of phenols is 1. The lowest BCUT2D eigenvalue weighted by atomic mass is 9.98. The molecular weight excluding hydrogens is 430 g/mol. The molecule has 0 bridgehead atoms. The number of carbonyl (C=O) groups is 1. The first-order valence-electron chi connectivity index (χ1n) is 11.3. The molecular formula is C26H27N5O3. The number of benzene rings is 2. The van der Waals surface area contributed by atoms with E-state index >= 15 is 0 Å². The molecule has 8 nitrogen and oxygen atoms in total. The molecule has 1 aliphatic heterocycles. The summed E-state index contributed by atoms with van der Waals surface area (Å²) in [6, 6.07) is 14.7. The number of carbonyl (C=O) groups excluding carboxylic acids is 1. The van der Waals surface area contributed by atoms with Crippen molar-refractivity contribution in [2.24, 2.45) is 0 Å². The van der Waals surface area contributed by atoms with Gasteiger partial charge in [-0.1, -0.05) is 12.1 Å². The zero-order valence-electron chi connectivity index (χ0n) is 19.4. The van der Waals surface area contributed by atoms with Crippen LogP contribution in [0.5, 0.6) is 11.5 Å².